The number of morpholine rings is 1. The summed E-state index contributed by atoms with van der Waals surface area (Å²) >= 11 is 0. The van der Waals surface area contributed by atoms with E-state index in [2.05, 4.69) is 20.4 Å². The highest BCUT2D eigenvalue weighted by Crippen LogP contribution is 2.24. The monoisotopic (exact) mass is 252 g/mol. The highest BCUT2D eigenvalue weighted by Gasteiger charge is 2.29. The topological polar surface area (TPSA) is 63.4 Å². The molecule has 3 heterocycles. The van der Waals surface area contributed by atoms with Gasteiger partial charge in [-0.2, -0.15) is 4.98 Å². The molecule has 0 aliphatic carbocycles. The van der Waals surface area contributed by atoms with Crippen molar-refractivity contribution in [2.45, 2.75) is 18.9 Å². The van der Waals surface area contributed by atoms with E-state index < -0.39 is 0 Å². The Hall–Kier alpha value is -0.980. The minimum atomic E-state index is 0.160. The first-order chi connectivity index (χ1) is 8.93. The van der Waals surface area contributed by atoms with Crippen LogP contribution >= 0.6 is 0 Å². The molecule has 0 amide bonds. The van der Waals surface area contributed by atoms with Crippen molar-refractivity contribution in [1.82, 2.24) is 20.4 Å². The zero-order valence-corrected chi connectivity index (χ0v) is 10.5. The molecule has 100 valence electrons. The van der Waals surface area contributed by atoms with Crippen molar-refractivity contribution in [3.8, 4) is 0 Å². The average molecular weight is 252 g/mol. The quantitative estimate of drug-likeness (QED) is 0.842. The van der Waals surface area contributed by atoms with Gasteiger partial charge in [0.05, 0.1) is 19.3 Å². The maximum absolute atomic E-state index is 5.55. The number of hydrogen-bond acceptors (Lipinski definition) is 6. The summed E-state index contributed by atoms with van der Waals surface area (Å²) in [7, 11) is 0. The maximum Gasteiger partial charge on any atom is 0.213 e. The number of aromatic nitrogens is 2. The van der Waals surface area contributed by atoms with Crippen molar-refractivity contribution in [3.05, 3.63) is 12.2 Å². The van der Waals surface area contributed by atoms with Crippen LogP contribution in [0.3, 0.4) is 0 Å². The summed E-state index contributed by atoms with van der Waals surface area (Å²) in [5.41, 5.74) is 0. The van der Waals surface area contributed by atoms with E-state index in [0.717, 1.165) is 44.5 Å². The third-order valence-electron chi connectivity index (χ3n) is 3.87. The van der Waals surface area contributed by atoms with Gasteiger partial charge in [-0.25, -0.2) is 0 Å². The zero-order chi connectivity index (χ0) is 12.2. The molecule has 0 spiro atoms. The van der Waals surface area contributed by atoms with Gasteiger partial charge >= 0.3 is 0 Å². The summed E-state index contributed by atoms with van der Waals surface area (Å²) in [6, 6.07) is 0.160. The van der Waals surface area contributed by atoms with Crippen LogP contribution in [-0.4, -0.2) is 54.4 Å². The first kappa shape index (κ1) is 12.1. The molecule has 1 unspecified atom stereocenters. The van der Waals surface area contributed by atoms with Crippen LogP contribution in [0.1, 0.15) is 24.7 Å². The lowest BCUT2D eigenvalue weighted by atomic mass is 9.96. The Kier molecular flexibility index (Phi) is 3.87. The number of nitrogens with zero attached hydrogens (tertiary/aromatic N) is 3. The third-order valence-corrected chi connectivity index (χ3v) is 3.87. The molecule has 6 nitrogen and oxygen atoms in total. The molecule has 2 aliphatic heterocycles. The highest BCUT2D eigenvalue weighted by molar-refractivity contribution is 4.94. The van der Waals surface area contributed by atoms with Gasteiger partial charge in [-0.1, -0.05) is 5.16 Å². The first-order valence-corrected chi connectivity index (χ1v) is 6.72. The summed E-state index contributed by atoms with van der Waals surface area (Å²) in [4.78, 5) is 6.62. The van der Waals surface area contributed by atoms with Crippen molar-refractivity contribution < 1.29 is 9.26 Å². The van der Waals surface area contributed by atoms with Crippen molar-refractivity contribution in [2.75, 3.05) is 39.4 Å². The molecule has 6 heteroatoms. The molecule has 3 rings (SSSR count). The van der Waals surface area contributed by atoms with E-state index in [1.807, 2.05) is 0 Å². The van der Waals surface area contributed by atoms with Gasteiger partial charge in [0.25, 0.3) is 0 Å². The van der Waals surface area contributed by atoms with Crippen LogP contribution in [-0.2, 0) is 4.74 Å². The maximum atomic E-state index is 5.55. The largest absolute Gasteiger partial charge is 0.378 e. The van der Waals surface area contributed by atoms with Gasteiger partial charge in [0.2, 0.25) is 6.39 Å². The molecule has 0 bridgehead atoms. The Labute approximate surface area is 107 Å². The molecule has 1 N–H and O–H groups in total. The van der Waals surface area contributed by atoms with Crippen molar-refractivity contribution in [2.24, 2.45) is 5.92 Å². The summed E-state index contributed by atoms with van der Waals surface area (Å²) in [5.74, 6) is 1.53. The molecule has 0 aromatic carbocycles. The summed E-state index contributed by atoms with van der Waals surface area (Å²) in [6.45, 7) is 5.83. The van der Waals surface area contributed by atoms with E-state index >= 15 is 0 Å². The van der Waals surface area contributed by atoms with Gasteiger partial charge in [-0.3, -0.25) is 4.90 Å². The van der Waals surface area contributed by atoms with E-state index in [-0.39, 0.29) is 6.04 Å². The summed E-state index contributed by atoms with van der Waals surface area (Å²) in [6.07, 6.45) is 3.92. The SMILES string of the molecule is c1nc(C2COCCN2CC2CCNCC2)no1. The second-order valence-corrected chi connectivity index (χ2v) is 5.07. The Bertz CT molecular complexity index is 351. The van der Waals surface area contributed by atoms with Crippen molar-refractivity contribution in [1.29, 1.82) is 0 Å². The third kappa shape index (κ3) is 2.71. The minimum Gasteiger partial charge on any atom is -0.378 e. The molecule has 2 aliphatic rings. The second-order valence-electron chi connectivity index (χ2n) is 5.07. The lowest BCUT2D eigenvalue weighted by Crippen LogP contribution is -2.44. The van der Waals surface area contributed by atoms with Crippen LogP contribution in [0.4, 0.5) is 0 Å². The average Bonchev–Trinajstić information content (AvgIpc) is 2.94. The molecule has 0 radical (unpaired) electrons. The Morgan fingerprint density at radius 1 is 1.39 bits per heavy atom. The van der Waals surface area contributed by atoms with E-state index in [0.29, 0.717) is 6.61 Å². The van der Waals surface area contributed by atoms with Crippen molar-refractivity contribution in [3.63, 3.8) is 0 Å². The minimum absolute atomic E-state index is 0.160. The van der Waals surface area contributed by atoms with Gasteiger partial charge < -0.3 is 14.6 Å². The molecular formula is C12H20N4O2. The smallest absolute Gasteiger partial charge is 0.213 e. The van der Waals surface area contributed by atoms with E-state index in [9.17, 15) is 0 Å². The molecule has 2 fully saturated rings. The standard InChI is InChI=1S/C12H20N4O2/c1-3-13-4-2-10(1)7-16-5-6-17-8-11(16)12-14-9-18-15-12/h9-11,13H,1-8H2. The molecular weight excluding hydrogens is 232 g/mol. The predicted molar refractivity (Wildman–Crippen MR) is 65.0 cm³/mol. The lowest BCUT2D eigenvalue weighted by Gasteiger charge is -2.37. The fourth-order valence-electron chi connectivity index (χ4n) is 2.82. The van der Waals surface area contributed by atoms with Crippen LogP contribution in [0.25, 0.3) is 0 Å². The molecule has 0 saturated carbocycles. The van der Waals surface area contributed by atoms with Gasteiger partial charge in [0.1, 0.15) is 0 Å². The number of ether oxygens (including phenoxy) is 1. The van der Waals surface area contributed by atoms with Gasteiger partial charge in [0.15, 0.2) is 5.82 Å². The van der Waals surface area contributed by atoms with E-state index in [1.54, 1.807) is 0 Å². The number of nitrogens with one attached hydrogen (secondary N) is 1. The van der Waals surface area contributed by atoms with Gasteiger partial charge in [-0.05, 0) is 31.8 Å². The number of hydrogen-bond donors (Lipinski definition) is 1. The second kappa shape index (κ2) is 5.77. The molecule has 18 heavy (non-hydrogen) atoms. The normalized spacial score (nSPS) is 27.4. The fourth-order valence-corrected chi connectivity index (χ4v) is 2.82. The summed E-state index contributed by atoms with van der Waals surface area (Å²) in [5, 5.41) is 7.37. The molecule has 1 aromatic rings. The van der Waals surface area contributed by atoms with Crippen LogP contribution in [0.2, 0.25) is 0 Å². The number of rotatable bonds is 3. The van der Waals surface area contributed by atoms with E-state index in [1.165, 1.54) is 19.2 Å². The van der Waals surface area contributed by atoms with E-state index in [4.69, 9.17) is 9.26 Å². The molecule has 2 saturated heterocycles. The number of piperidine rings is 1. The Morgan fingerprint density at radius 2 is 2.28 bits per heavy atom. The van der Waals surface area contributed by atoms with Crippen LogP contribution in [0.15, 0.2) is 10.9 Å². The highest BCUT2D eigenvalue weighted by atomic mass is 16.5. The van der Waals surface area contributed by atoms with Crippen LogP contribution in [0, 0.1) is 5.92 Å². The van der Waals surface area contributed by atoms with Crippen molar-refractivity contribution >= 4 is 0 Å². The van der Waals surface area contributed by atoms with Crippen LogP contribution < -0.4 is 5.32 Å². The Balaban J connectivity index is 1.64. The molecule has 1 aromatic heterocycles. The van der Waals surface area contributed by atoms with Crippen LogP contribution in [0.5, 0.6) is 0 Å². The first-order valence-electron chi connectivity index (χ1n) is 6.72. The molecule has 1 atom stereocenters. The summed E-state index contributed by atoms with van der Waals surface area (Å²) < 4.78 is 10.4. The Morgan fingerprint density at radius 3 is 3.06 bits per heavy atom. The fraction of sp³-hybridized carbons (Fsp3) is 0.833. The van der Waals surface area contributed by atoms with Gasteiger partial charge in [0, 0.05) is 13.1 Å². The zero-order valence-electron chi connectivity index (χ0n) is 10.5. The predicted octanol–water partition coefficient (Wildman–Crippen LogP) is 0.443. The lowest BCUT2D eigenvalue weighted by molar-refractivity contribution is -0.0210. The van der Waals surface area contributed by atoms with Gasteiger partial charge in [-0.15, -0.1) is 0 Å².